The van der Waals surface area contributed by atoms with Gasteiger partial charge >= 0.3 is 0 Å². The van der Waals surface area contributed by atoms with E-state index in [1.807, 2.05) is 0 Å². The maximum atomic E-state index is 14.2. The topological polar surface area (TPSA) is 122 Å². The van der Waals surface area contributed by atoms with Gasteiger partial charge < -0.3 is 27.0 Å². The molecule has 182 valence electrons. The van der Waals surface area contributed by atoms with E-state index in [4.69, 9.17) is 11.5 Å². The van der Waals surface area contributed by atoms with Gasteiger partial charge in [-0.3, -0.25) is 9.79 Å². The summed E-state index contributed by atoms with van der Waals surface area (Å²) in [5, 5.41) is 5.22. The number of benzene rings is 1. The normalized spacial score (nSPS) is 19.1. The highest BCUT2D eigenvalue weighted by molar-refractivity contribution is 7.19. The van der Waals surface area contributed by atoms with Crippen molar-refractivity contribution in [1.82, 2.24) is 20.5 Å². The molecule has 1 aliphatic carbocycles. The van der Waals surface area contributed by atoms with Crippen LogP contribution in [-0.2, 0) is 0 Å². The minimum Gasteiger partial charge on any atom is -0.403 e. The fourth-order valence-electron chi connectivity index (χ4n) is 3.40. The maximum absolute atomic E-state index is 14.2. The number of anilines is 1. The fourth-order valence-corrected chi connectivity index (χ4v) is 4.25. The molecule has 1 aromatic heterocycles. The summed E-state index contributed by atoms with van der Waals surface area (Å²) in [7, 11) is 0. The molecule has 2 heterocycles. The number of thiazole rings is 1. The summed E-state index contributed by atoms with van der Waals surface area (Å²) in [4.78, 5) is 22.9. The number of rotatable bonds is 5. The Bertz CT molecular complexity index is 1150. The molecular weight excluding hydrogens is 474 g/mol. The third-order valence-corrected chi connectivity index (χ3v) is 6.12. The van der Waals surface area contributed by atoms with E-state index < -0.39 is 36.6 Å². The van der Waals surface area contributed by atoms with Crippen molar-refractivity contribution < 1.29 is 22.4 Å². The molecule has 1 amide bonds. The number of carbonyl (C=O) groups excluding carboxylic acids is 1. The number of nitrogens with two attached hydrogens (primary N) is 2. The molecule has 2 aromatic rings. The predicted molar refractivity (Wildman–Crippen MR) is 121 cm³/mol. The summed E-state index contributed by atoms with van der Waals surface area (Å²) in [6.45, 7) is -0.535. The van der Waals surface area contributed by atoms with Gasteiger partial charge in [0.15, 0.2) is 5.69 Å². The zero-order valence-corrected chi connectivity index (χ0v) is 18.8. The molecule has 0 bridgehead atoms. The SMILES string of the molecule is N/C=C(/NC(=O)c1nc(-c2cc(F)ccc2F)sc1N)C(=NC1CC1)N1CCNCC(F)(F)C1. The second kappa shape index (κ2) is 9.58. The number of aromatic nitrogens is 1. The number of amides is 1. The van der Waals surface area contributed by atoms with Gasteiger partial charge in [0.1, 0.15) is 27.5 Å². The van der Waals surface area contributed by atoms with Gasteiger partial charge in [0.2, 0.25) is 0 Å². The number of aliphatic imine (C=N–C) groups is 1. The monoisotopic (exact) mass is 497 g/mol. The minimum atomic E-state index is -3.01. The number of carbonyl (C=O) groups is 1. The first kappa shape index (κ1) is 24.0. The highest BCUT2D eigenvalue weighted by Crippen LogP contribution is 2.32. The first-order valence-corrected chi connectivity index (χ1v) is 11.3. The van der Waals surface area contributed by atoms with E-state index in [2.05, 4.69) is 20.6 Å². The summed E-state index contributed by atoms with van der Waals surface area (Å²) in [6.07, 6.45) is 2.68. The van der Waals surface area contributed by atoms with Crippen molar-refractivity contribution in [2.75, 3.05) is 31.9 Å². The molecule has 0 spiro atoms. The summed E-state index contributed by atoms with van der Waals surface area (Å²) in [5.41, 5.74) is 11.3. The Morgan fingerprint density at radius 1 is 1.35 bits per heavy atom. The lowest BCUT2D eigenvalue weighted by atomic mass is 10.2. The van der Waals surface area contributed by atoms with Gasteiger partial charge in [-0.2, -0.15) is 0 Å². The van der Waals surface area contributed by atoms with Crippen LogP contribution in [0, 0.1) is 11.6 Å². The fraction of sp³-hybridized carbons (Fsp3) is 0.381. The van der Waals surface area contributed by atoms with Crippen LogP contribution < -0.4 is 22.1 Å². The van der Waals surface area contributed by atoms with Crippen LogP contribution in [0.4, 0.5) is 22.6 Å². The van der Waals surface area contributed by atoms with E-state index in [9.17, 15) is 22.4 Å². The molecule has 1 aromatic carbocycles. The number of hydrogen-bond acceptors (Lipinski definition) is 7. The molecule has 6 N–H and O–H groups in total. The van der Waals surface area contributed by atoms with Crippen LogP contribution in [-0.4, -0.2) is 59.8 Å². The maximum Gasteiger partial charge on any atom is 0.277 e. The lowest BCUT2D eigenvalue weighted by Crippen LogP contribution is -2.45. The van der Waals surface area contributed by atoms with Crippen molar-refractivity contribution >= 4 is 28.1 Å². The highest BCUT2D eigenvalue weighted by Gasteiger charge is 2.36. The lowest BCUT2D eigenvalue weighted by molar-refractivity contribution is -0.00585. The number of nitrogens with one attached hydrogen (secondary N) is 2. The molecule has 13 heteroatoms. The number of alkyl halides is 2. The highest BCUT2D eigenvalue weighted by atomic mass is 32.1. The van der Waals surface area contributed by atoms with Crippen LogP contribution in [0.5, 0.6) is 0 Å². The van der Waals surface area contributed by atoms with Crippen LogP contribution in [0.15, 0.2) is 35.1 Å². The van der Waals surface area contributed by atoms with Gasteiger partial charge in [0, 0.05) is 24.9 Å². The zero-order chi connectivity index (χ0) is 24.5. The minimum absolute atomic E-state index is 0.0167. The van der Waals surface area contributed by atoms with Crippen LogP contribution in [0.25, 0.3) is 10.6 Å². The summed E-state index contributed by atoms with van der Waals surface area (Å²) in [5.74, 6) is -5.04. The Morgan fingerprint density at radius 2 is 2.12 bits per heavy atom. The smallest absolute Gasteiger partial charge is 0.277 e. The molecule has 0 atom stereocenters. The van der Waals surface area contributed by atoms with Gasteiger partial charge in [-0.1, -0.05) is 11.3 Å². The number of hydrogen-bond donors (Lipinski definition) is 4. The van der Waals surface area contributed by atoms with Crippen LogP contribution in [0.1, 0.15) is 23.3 Å². The molecule has 1 saturated heterocycles. The molecule has 34 heavy (non-hydrogen) atoms. The Kier molecular flexibility index (Phi) is 6.75. The number of halogens is 4. The quantitative estimate of drug-likeness (QED) is 0.286. The molecular formula is C21H23F4N7OS. The van der Waals surface area contributed by atoms with E-state index in [1.54, 1.807) is 0 Å². The molecule has 2 aliphatic rings. The third kappa shape index (κ3) is 5.47. The molecule has 4 rings (SSSR count). The average molecular weight is 498 g/mol. The predicted octanol–water partition coefficient (Wildman–Crippen LogP) is 2.30. The molecule has 2 fully saturated rings. The van der Waals surface area contributed by atoms with E-state index >= 15 is 0 Å². The molecule has 0 radical (unpaired) electrons. The Morgan fingerprint density at radius 3 is 2.82 bits per heavy atom. The Labute approximate surface area is 196 Å². The van der Waals surface area contributed by atoms with E-state index in [1.165, 1.54) is 4.90 Å². The van der Waals surface area contributed by atoms with Crippen molar-refractivity contribution in [3.8, 4) is 10.6 Å². The van der Waals surface area contributed by atoms with E-state index in [0.717, 1.165) is 48.6 Å². The first-order valence-electron chi connectivity index (χ1n) is 10.5. The third-order valence-electron chi connectivity index (χ3n) is 5.20. The van der Waals surface area contributed by atoms with Gasteiger partial charge in [0.25, 0.3) is 11.8 Å². The van der Waals surface area contributed by atoms with Crippen molar-refractivity contribution in [1.29, 1.82) is 0 Å². The number of nitrogen functional groups attached to an aromatic ring is 1. The lowest BCUT2D eigenvalue weighted by Gasteiger charge is -2.28. The van der Waals surface area contributed by atoms with E-state index in [-0.39, 0.29) is 45.4 Å². The molecule has 1 aliphatic heterocycles. The van der Waals surface area contributed by atoms with Crippen molar-refractivity contribution in [3.63, 3.8) is 0 Å². The molecule has 1 saturated carbocycles. The number of nitrogens with zero attached hydrogens (tertiary/aromatic N) is 3. The second-order valence-corrected chi connectivity index (χ2v) is 9.06. The van der Waals surface area contributed by atoms with Crippen molar-refractivity contribution in [2.24, 2.45) is 10.7 Å². The second-order valence-electron chi connectivity index (χ2n) is 8.03. The Hall–Kier alpha value is -3.19. The van der Waals surface area contributed by atoms with Gasteiger partial charge in [0.05, 0.1) is 24.8 Å². The summed E-state index contributed by atoms with van der Waals surface area (Å²) in [6, 6.07) is 2.82. The van der Waals surface area contributed by atoms with Crippen molar-refractivity contribution in [2.45, 2.75) is 24.8 Å². The van der Waals surface area contributed by atoms with Gasteiger partial charge in [-0.05, 0) is 31.0 Å². The van der Waals surface area contributed by atoms with Gasteiger partial charge in [-0.15, -0.1) is 0 Å². The summed E-state index contributed by atoms with van der Waals surface area (Å²) >= 11 is 0.813. The Balaban J connectivity index is 1.59. The standard InChI is InChI=1S/C21H23F4N7OS/c22-11-1-4-14(23)13(7-11)20-31-16(17(27)34-20)19(33)30-15(8-26)18(29-12-2-3-12)32-6-5-28-9-21(24,25)10-32/h1,4,7-8,12,28H,2-3,5-6,9-10,26-27H2,(H,30,33)/b15-8+,29-18?. The van der Waals surface area contributed by atoms with Crippen LogP contribution in [0.2, 0.25) is 0 Å². The largest absolute Gasteiger partial charge is 0.403 e. The van der Waals surface area contributed by atoms with Crippen LogP contribution in [0.3, 0.4) is 0 Å². The average Bonchev–Trinajstić information content (AvgIpc) is 3.55. The van der Waals surface area contributed by atoms with Crippen molar-refractivity contribution in [3.05, 3.63) is 47.4 Å². The first-order chi connectivity index (χ1) is 16.2. The molecule has 8 nitrogen and oxygen atoms in total. The zero-order valence-electron chi connectivity index (χ0n) is 18.0. The number of amidine groups is 1. The molecule has 0 unspecified atom stereocenters. The van der Waals surface area contributed by atoms with E-state index in [0.29, 0.717) is 6.54 Å². The summed E-state index contributed by atoms with van der Waals surface area (Å²) < 4.78 is 56.2. The van der Waals surface area contributed by atoms with Gasteiger partial charge in [-0.25, -0.2) is 22.5 Å². The van der Waals surface area contributed by atoms with Crippen LogP contribution >= 0.6 is 11.3 Å².